The zero-order valence-electron chi connectivity index (χ0n) is 16.1. The molecule has 0 spiro atoms. The highest BCUT2D eigenvalue weighted by molar-refractivity contribution is 6.21. The Morgan fingerprint density at radius 3 is 2.30 bits per heavy atom. The number of hydrogen-bond donors (Lipinski definition) is 1. The Morgan fingerprint density at radius 1 is 0.900 bits per heavy atom. The SMILES string of the molecule is Cc1cc(=O)oc2c1ccc1oc(/C(=N\O)c3ccccc3)c(-c3ccccc3)c12. The monoisotopic (exact) mass is 395 g/mol. The Labute approximate surface area is 171 Å². The predicted molar refractivity (Wildman–Crippen MR) is 116 cm³/mol. The largest absolute Gasteiger partial charge is 0.453 e. The minimum atomic E-state index is -0.423. The summed E-state index contributed by atoms with van der Waals surface area (Å²) in [6.07, 6.45) is 0. The van der Waals surface area contributed by atoms with Crippen LogP contribution in [0, 0.1) is 6.92 Å². The van der Waals surface area contributed by atoms with Crippen LogP contribution in [0.4, 0.5) is 0 Å². The van der Waals surface area contributed by atoms with Crippen LogP contribution in [-0.2, 0) is 0 Å². The third kappa shape index (κ3) is 2.79. The quantitative estimate of drug-likeness (QED) is 0.183. The number of fused-ring (bicyclic) bond motifs is 3. The van der Waals surface area contributed by atoms with Crippen LogP contribution in [0.2, 0.25) is 0 Å². The highest BCUT2D eigenvalue weighted by atomic mass is 16.4. The molecule has 5 nitrogen and oxygen atoms in total. The molecule has 5 aromatic rings. The van der Waals surface area contributed by atoms with Gasteiger partial charge in [-0.05, 0) is 30.2 Å². The van der Waals surface area contributed by atoms with E-state index in [0.29, 0.717) is 39.2 Å². The molecule has 0 aliphatic rings. The van der Waals surface area contributed by atoms with E-state index >= 15 is 0 Å². The van der Waals surface area contributed by atoms with Crippen molar-refractivity contribution in [3.63, 3.8) is 0 Å². The molecule has 0 amide bonds. The molecule has 1 N–H and O–H groups in total. The molecule has 0 atom stereocenters. The molecular formula is C25H17NO4. The molecule has 3 aromatic carbocycles. The number of hydrogen-bond acceptors (Lipinski definition) is 5. The van der Waals surface area contributed by atoms with Gasteiger partial charge in [0.25, 0.3) is 0 Å². The third-order valence-electron chi connectivity index (χ3n) is 5.20. The molecule has 146 valence electrons. The molecular weight excluding hydrogens is 378 g/mol. The van der Waals surface area contributed by atoms with Gasteiger partial charge in [-0.15, -0.1) is 0 Å². The molecule has 0 aliphatic carbocycles. The van der Waals surface area contributed by atoms with Gasteiger partial charge in [0, 0.05) is 22.6 Å². The van der Waals surface area contributed by atoms with Crippen LogP contribution < -0.4 is 5.63 Å². The van der Waals surface area contributed by atoms with Crippen molar-refractivity contribution in [1.82, 2.24) is 0 Å². The number of benzene rings is 3. The fraction of sp³-hybridized carbons (Fsp3) is 0.0400. The molecule has 0 bridgehead atoms. The van der Waals surface area contributed by atoms with Crippen LogP contribution in [0.15, 0.2) is 97.6 Å². The fourth-order valence-electron chi connectivity index (χ4n) is 3.84. The Balaban J connectivity index is 1.95. The normalized spacial score (nSPS) is 12.0. The van der Waals surface area contributed by atoms with E-state index in [0.717, 1.165) is 16.5 Å². The summed E-state index contributed by atoms with van der Waals surface area (Å²) >= 11 is 0. The van der Waals surface area contributed by atoms with E-state index in [4.69, 9.17) is 8.83 Å². The number of oxime groups is 1. The molecule has 30 heavy (non-hydrogen) atoms. The van der Waals surface area contributed by atoms with E-state index in [1.807, 2.05) is 79.7 Å². The van der Waals surface area contributed by atoms with Gasteiger partial charge in [0.1, 0.15) is 11.2 Å². The average molecular weight is 395 g/mol. The fourth-order valence-corrected chi connectivity index (χ4v) is 3.84. The van der Waals surface area contributed by atoms with E-state index in [1.165, 1.54) is 6.07 Å². The number of aryl methyl sites for hydroxylation is 1. The smallest absolute Gasteiger partial charge is 0.336 e. The lowest BCUT2D eigenvalue weighted by molar-refractivity contribution is 0.318. The highest BCUT2D eigenvalue weighted by Gasteiger charge is 2.25. The summed E-state index contributed by atoms with van der Waals surface area (Å²) in [5.74, 6) is 0.404. The van der Waals surface area contributed by atoms with Crippen LogP contribution in [-0.4, -0.2) is 10.9 Å². The summed E-state index contributed by atoms with van der Waals surface area (Å²) in [5, 5.41) is 14.9. The maximum atomic E-state index is 12.2. The lowest BCUT2D eigenvalue weighted by Crippen LogP contribution is -2.03. The lowest BCUT2D eigenvalue weighted by atomic mass is 9.96. The minimum Gasteiger partial charge on any atom is -0.453 e. The van der Waals surface area contributed by atoms with Crippen molar-refractivity contribution in [2.75, 3.05) is 0 Å². The third-order valence-corrected chi connectivity index (χ3v) is 5.20. The molecule has 2 aromatic heterocycles. The van der Waals surface area contributed by atoms with E-state index < -0.39 is 5.63 Å². The minimum absolute atomic E-state index is 0.300. The molecule has 5 heteroatoms. The highest BCUT2D eigenvalue weighted by Crippen LogP contribution is 2.40. The predicted octanol–water partition coefficient (Wildman–Crippen LogP) is 5.74. The summed E-state index contributed by atoms with van der Waals surface area (Å²) in [5.41, 5.74) is 3.98. The van der Waals surface area contributed by atoms with Crippen LogP contribution >= 0.6 is 0 Å². The summed E-state index contributed by atoms with van der Waals surface area (Å²) in [6, 6.07) is 24.2. The Morgan fingerprint density at radius 2 is 1.60 bits per heavy atom. The van der Waals surface area contributed by atoms with Crippen molar-refractivity contribution in [3.8, 4) is 11.1 Å². The van der Waals surface area contributed by atoms with Crippen molar-refractivity contribution in [1.29, 1.82) is 0 Å². The van der Waals surface area contributed by atoms with Crippen LogP contribution in [0.3, 0.4) is 0 Å². The van der Waals surface area contributed by atoms with Gasteiger partial charge >= 0.3 is 5.63 Å². The zero-order valence-corrected chi connectivity index (χ0v) is 16.1. The van der Waals surface area contributed by atoms with Gasteiger partial charge in [0.2, 0.25) is 0 Å². The van der Waals surface area contributed by atoms with Gasteiger partial charge in [-0.1, -0.05) is 65.8 Å². The molecule has 2 heterocycles. The van der Waals surface area contributed by atoms with E-state index in [-0.39, 0.29) is 0 Å². The van der Waals surface area contributed by atoms with E-state index in [2.05, 4.69) is 5.16 Å². The summed E-state index contributed by atoms with van der Waals surface area (Å²) in [7, 11) is 0. The van der Waals surface area contributed by atoms with Gasteiger partial charge in [0.15, 0.2) is 11.5 Å². The van der Waals surface area contributed by atoms with Crippen molar-refractivity contribution >= 4 is 27.7 Å². The molecule has 0 aliphatic heterocycles. The summed E-state index contributed by atoms with van der Waals surface area (Å²) in [4.78, 5) is 12.2. The Bertz CT molecular complexity index is 1460. The summed E-state index contributed by atoms with van der Waals surface area (Å²) < 4.78 is 11.8. The van der Waals surface area contributed by atoms with Gasteiger partial charge in [-0.25, -0.2) is 4.79 Å². The van der Waals surface area contributed by atoms with Gasteiger partial charge in [-0.3, -0.25) is 0 Å². The Hall–Kier alpha value is -4.12. The molecule has 0 unspecified atom stereocenters. The first-order valence-corrected chi connectivity index (χ1v) is 9.50. The molecule has 0 saturated carbocycles. The van der Waals surface area contributed by atoms with Crippen molar-refractivity contribution in [2.24, 2.45) is 5.16 Å². The van der Waals surface area contributed by atoms with Crippen LogP contribution in [0.1, 0.15) is 16.9 Å². The topological polar surface area (TPSA) is 75.9 Å². The van der Waals surface area contributed by atoms with Gasteiger partial charge < -0.3 is 14.0 Å². The maximum Gasteiger partial charge on any atom is 0.336 e. The van der Waals surface area contributed by atoms with Crippen molar-refractivity contribution in [3.05, 3.63) is 106 Å². The average Bonchev–Trinajstić information content (AvgIpc) is 3.15. The maximum absolute atomic E-state index is 12.2. The van der Waals surface area contributed by atoms with Gasteiger partial charge in [0.05, 0.1) is 5.39 Å². The second kappa shape index (κ2) is 7.04. The van der Waals surface area contributed by atoms with E-state index in [9.17, 15) is 10.0 Å². The first-order valence-electron chi connectivity index (χ1n) is 9.50. The second-order valence-electron chi connectivity index (χ2n) is 7.05. The molecule has 5 rings (SSSR count). The Kier molecular flexibility index (Phi) is 4.21. The van der Waals surface area contributed by atoms with Crippen LogP contribution in [0.5, 0.6) is 0 Å². The summed E-state index contributed by atoms with van der Waals surface area (Å²) in [6.45, 7) is 1.87. The second-order valence-corrected chi connectivity index (χ2v) is 7.05. The van der Waals surface area contributed by atoms with E-state index in [1.54, 1.807) is 0 Å². The lowest BCUT2D eigenvalue weighted by Gasteiger charge is -2.07. The number of rotatable bonds is 3. The standard InChI is InChI=1S/C25H17NO4/c1-15-14-20(27)30-24-18(15)12-13-19-22(24)21(16-8-4-2-5-9-16)25(29-19)23(26-28)17-10-6-3-7-11-17/h2-14,28H,1H3/b26-23-. The van der Waals surface area contributed by atoms with Crippen molar-refractivity contribution in [2.45, 2.75) is 6.92 Å². The first-order chi connectivity index (χ1) is 14.7. The van der Waals surface area contributed by atoms with Gasteiger partial charge in [-0.2, -0.15) is 0 Å². The molecule has 0 saturated heterocycles. The first kappa shape index (κ1) is 17.9. The number of furan rings is 1. The van der Waals surface area contributed by atoms with Crippen molar-refractivity contribution < 1.29 is 14.0 Å². The number of nitrogens with zero attached hydrogens (tertiary/aromatic N) is 1. The molecule has 0 radical (unpaired) electrons. The zero-order chi connectivity index (χ0) is 20.7. The molecule has 0 fully saturated rings. The van der Waals surface area contributed by atoms with Crippen LogP contribution in [0.25, 0.3) is 33.1 Å².